The van der Waals surface area contributed by atoms with Crippen LogP contribution in [0.1, 0.15) is 28.4 Å². The standard InChI is InChI=1S/C20H13ClF3N3O3/c1-19(10-26,16-8-13-6-11(9-25)7-15(21)17(13)29-16)27-18(28)12-2-4-14(5-3-12)30-20(22,23)24/h2-7,16H,8H2,1H3,(H,27,28)/t16-,19+/m0/s1. The van der Waals surface area contributed by atoms with Gasteiger partial charge in [0.05, 0.1) is 22.7 Å². The number of halogens is 4. The number of nitrogens with one attached hydrogen (secondary N) is 1. The number of ether oxygens (including phenoxy) is 2. The van der Waals surface area contributed by atoms with E-state index in [2.05, 4.69) is 10.1 Å². The van der Waals surface area contributed by atoms with Gasteiger partial charge >= 0.3 is 6.36 Å². The Bertz CT molecular complexity index is 1070. The highest BCUT2D eigenvalue weighted by Gasteiger charge is 2.43. The quantitative estimate of drug-likeness (QED) is 0.779. The summed E-state index contributed by atoms with van der Waals surface area (Å²) < 4.78 is 46.3. The van der Waals surface area contributed by atoms with E-state index in [-0.39, 0.29) is 17.0 Å². The Morgan fingerprint density at radius 1 is 1.27 bits per heavy atom. The molecule has 1 aliphatic heterocycles. The molecule has 1 heterocycles. The van der Waals surface area contributed by atoms with E-state index in [4.69, 9.17) is 21.6 Å². The molecule has 0 aliphatic carbocycles. The highest BCUT2D eigenvalue weighted by molar-refractivity contribution is 6.32. The topological polar surface area (TPSA) is 95.1 Å². The van der Waals surface area contributed by atoms with Gasteiger partial charge in [0.15, 0.2) is 5.54 Å². The monoisotopic (exact) mass is 435 g/mol. The number of alkyl halides is 3. The molecule has 0 aromatic heterocycles. The van der Waals surface area contributed by atoms with Crippen molar-refractivity contribution < 1.29 is 27.4 Å². The first-order valence-electron chi connectivity index (χ1n) is 8.53. The third-order valence-corrected chi connectivity index (χ3v) is 4.80. The van der Waals surface area contributed by atoms with Crippen LogP contribution < -0.4 is 14.8 Å². The summed E-state index contributed by atoms with van der Waals surface area (Å²) in [5.41, 5.74) is -0.473. The van der Waals surface area contributed by atoms with Crippen molar-refractivity contribution in [1.29, 1.82) is 10.5 Å². The van der Waals surface area contributed by atoms with Crippen LogP contribution in [0.3, 0.4) is 0 Å². The van der Waals surface area contributed by atoms with E-state index >= 15 is 0 Å². The van der Waals surface area contributed by atoms with Gasteiger partial charge < -0.3 is 14.8 Å². The molecule has 0 saturated heterocycles. The molecule has 10 heteroatoms. The van der Waals surface area contributed by atoms with Gasteiger partial charge in [-0.2, -0.15) is 10.5 Å². The fraction of sp³-hybridized carbons (Fsp3) is 0.250. The third-order valence-electron chi connectivity index (χ3n) is 4.51. The normalized spacial score (nSPS) is 17.0. The second-order valence-corrected chi connectivity index (χ2v) is 7.12. The summed E-state index contributed by atoms with van der Waals surface area (Å²) in [5, 5.41) is 21.5. The lowest BCUT2D eigenvalue weighted by Crippen LogP contribution is -2.55. The predicted molar refractivity (Wildman–Crippen MR) is 98.9 cm³/mol. The summed E-state index contributed by atoms with van der Waals surface area (Å²) in [4.78, 5) is 12.6. The average Bonchev–Trinajstić information content (AvgIpc) is 3.12. The molecular formula is C20H13ClF3N3O3. The number of carbonyl (C=O) groups is 1. The van der Waals surface area contributed by atoms with Gasteiger partial charge in [-0.05, 0) is 43.3 Å². The van der Waals surface area contributed by atoms with Crippen molar-refractivity contribution in [3.63, 3.8) is 0 Å². The van der Waals surface area contributed by atoms with Crippen molar-refractivity contribution in [3.05, 3.63) is 58.1 Å². The minimum Gasteiger partial charge on any atom is -0.485 e. The number of hydrogen-bond donors (Lipinski definition) is 1. The highest BCUT2D eigenvalue weighted by Crippen LogP contribution is 2.39. The van der Waals surface area contributed by atoms with Gasteiger partial charge in [-0.15, -0.1) is 13.2 Å². The molecule has 1 N–H and O–H groups in total. The number of fused-ring (bicyclic) bond motifs is 1. The molecule has 2 atom stereocenters. The molecule has 0 radical (unpaired) electrons. The minimum absolute atomic E-state index is 0.0336. The fourth-order valence-electron chi connectivity index (χ4n) is 3.00. The Hall–Kier alpha value is -3.43. The van der Waals surface area contributed by atoms with Gasteiger partial charge in [0.2, 0.25) is 0 Å². The summed E-state index contributed by atoms with van der Waals surface area (Å²) in [6.45, 7) is 1.46. The Morgan fingerprint density at radius 2 is 1.93 bits per heavy atom. The second-order valence-electron chi connectivity index (χ2n) is 6.71. The molecule has 30 heavy (non-hydrogen) atoms. The van der Waals surface area contributed by atoms with E-state index in [0.29, 0.717) is 16.9 Å². The Kier molecular flexibility index (Phi) is 5.51. The molecule has 3 rings (SSSR count). The lowest BCUT2D eigenvalue weighted by atomic mass is 9.92. The fourth-order valence-corrected chi connectivity index (χ4v) is 3.28. The highest BCUT2D eigenvalue weighted by atomic mass is 35.5. The zero-order chi connectivity index (χ0) is 22.1. The van der Waals surface area contributed by atoms with Crippen molar-refractivity contribution in [3.8, 4) is 23.6 Å². The third kappa shape index (κ3) is 4.42. The van der Waals surface area contributed by atoms with E-state index in [1.54, 1.807) is 6.07 Å². The predicted octanol–water partition coefficient (Wildman–Crippen LogP) is 4.13. The van der Waals surface area contributed by atoms with Gasteiger partial charge in [0.25, 0.3) is 5.91 Å². The summed E-state index contributed by atoms with van der Waals surface area (Å²) in [6, 6.07) is 11.3. The van der Waals surface area contributed by atoms with Gasteiger partial charge in [-0.3, -0.25) is 4.79 Å². The number of hydrogen-bond acceptors (Lipinski definition) is 5. The van der Waals surface area contributed by atoms with Crippen molar-refractivity contribution in [1.82, 2.24) is 5.32 Å². The first-order valence-corrected chi connectivity index (χ1v) is 8.91. The van der Waals surface area contributed by atoms with Crippen molar-refractivity contribution >= 4 is 17.5 Å². The van der Waals surface area contributed by atoms with Crippen molar-refractivity contribution in [2.75, 3.05) is 0 Å². The maximum atomic E-state index is 12.6. The number of carbonyl (C=O) groups excluding carboxylic acids is 1. The van der Waals surface area contributed by atoms with E-state index in [1.165, 1.54) is 13.0 Å². The number of nitrogens with zero attached hydrogens (tertiary/aromatic N) is 2. The number of rotatable bonds is 4. The molecule has 0 fully saturated rings. The molecule has 1 amide bonds. The van der Waals surface area contributed by atoms with Crippen LogP contribution in [0, 0.1) is 22.7 Å². The summed E-state index contributed by atoms with van der Waals surface area (Å²) >= 11 is 6.14. The number of nitriles is 2. The molecule has 2 aromatic rings. The molecule has 0 bridgehead atoms. The molecule has 1 aliphatic rings. The molecule has 6 nitrogen and oxygen atoms in total. The van der Waals surface area contributed by atoms with Crippen LogP contribution in [0.25, 0.3) is 0 Å². The van der Waals surface area contributed by atoms with Crippen molar-refractivity contribution in [2.24, 2.45) is 0 Å². The van der Waals surface area contributed by atoms with Gasteiger partial charge in [0, 0.05) is 17.5 Å². The largest absolute Gasteiger partial charge is 0.573 e. The maximum Gasteiger partial charge on any atom is 0.573 e. The summed E-state index contributed by atoms with van der Waals surface area (Å²) in [6.07, 6.45) is -5.40. The van der Waals surface area contributed by atoms with E-state index in [0.717, 1.165) is 24.3 Å². The van der Waals surface area contributed by atoms with Crippen LogP contribution in [-0.2, 0) is 6.42 Å². The Morgan fingerprint density at radius 3 is 2.50 bits per heavy atom. The molecule has 0 saturated carbocycles. The second kappa shape index (κ2) is 7.77. The summed E-state index contributed by atoms with van der Waals surface area (Å²) in [5.74, 6) is -0.814. The maximum absolute atomic E-state index is 12.6. The van der Waals surface area contributed by atoms with E-state index < -0.39 is 29.7 Å². The van der Waals surface area contributed by atoms with Crippen LogP contribution in [-0.4, -0.2) is 23.9 Å². The Balaban J connectivity index is 1.76. The number of amides is 1. The molecule has 0 unspecified atom stereocenters. The van der Waals surface area contributed by atoms with Crippen LogP contribution in [0.2, 0.25) is 5.02 Å². The first-order chi connectivity index (χ1) is 14.0. The molecular weight excluding hydrogens is 423 g/mol. The van der Waals surface area contributed by atoms with Gasteiger partial charge in [-0.25, -0.2) is 0 Å². The van der Waals surface area contributed by atoms with Gasteiger partial charge in [0.1, 0.15) is 17.6 Å². The van der Waals surface area contributed by atoms with Crippen LogP contribution in [0.4, 0.5) is 13.2 Å². The number of benzene rings is 2. The van der Waals surface area contributed by atoms with E-state index in [9.17, 15) is 23.2 Å². The summed E-state index contributed by atoms with van der Waals surface area (Å²) in [7, 11) is 0. The van der Waals surface area contributed by atoms with Crippen molar-refractivity contribution in [2.45, 2.75) is 31.3 Å². The van der Waals surface area contributed by atoms with Crippen LogP contribution >= 0.6 is 11.6 Å². The lowest BCUT2D eigenvalue weighted by Gasteiger charge is -2.29. The average molecular weight is 436 g/mol. The van der Waals surface area contributed by atoms with Crippen LogP contribution in [0.15, 0.2) is 36.4 Å². The molecule has 0 spiro atoms. The molecule has 2 aromatic carbocycles. The smallest absolute Gasteiger partial charge is 0.485 e. The lowest BCUT2D eigenvalue weighted by molar-refractivity contribution is -0.274. The Labute approximate surface area is 174 Å². The van der Waals surface area contributed by atoms with E-state index in [1.807, 2.05) is 12.1 Å². The molecule has 154 valence electrons. The zero-order valence-electron chi connectivity index (χ0n) is 15.4. The van der Waals surface area contributed by atoms with Gasteiger partial charge in [-0.1, -0.05) is 11.6 Å². The first kappa shape index (κ1) is 21.3. The zero-order valence-corrected chi connectivity index (χ0v) is 16.1. The minimum atomic E-state index is -4.84. The van der Waals surface area contributed by atoms with Crippen LogP contribution in [0.5, 0.6) is 11.5 Å². The SMILES string of the molecule is C[C@](C#N)(NC(=O)c1ccc(OC(F)(F)F)cc1)[C@@H]1Cc2cc(C#N)cc(Cl)c2O1.